The number of ether oxygens (including phenoxy) is 1. The van der Waals surface area contributed by atoms with Crippen LogP contribution in [0.4, 0.5) is 4.39 Å². The number of hydrogen-bond acceptors (Lipinski definition) is 3. The quantitative estimate of drug-likeness (QED) is 0.584. The zero-order chi connectivity index (χ0) is 12.6. The largest absolute Gasteiger partial charge is 0.494 e. The lowest BCUT2D eigenvalue weighted by Gasteiger charge is -1.95. The molecule has 0 amide bonds. The molecule has 1 heterocycles. The van der Waals surface area contributed by atoms with Crippen molar-refractivity contribution in [3.63, 3.8) is 0 Å². The molecule has 0 spiro atoms. The number of methoxy groups -OCH3 is 1. The summed E-state index contributed by atoms with van der Waals surface area (Å²) in [6, 6.07) is 0. The number of aryl methyl sites for hydroxylation is 2. The molecule has 1 aromatic heterocycles. The SMILES string of the molecule is CC.COC(/C=C\c1nc(C)sc1C)=C\F. The Morgan fingerprint density at radius 1 is 1.38 bits per heavy atom. The number of rotatable bonds is 3. The predicted octanol–water partition coefficient (Wildman–Crippen LogP) is 4.26. The average Bonchev–Trinajstić information content (AvgIpc) is 2.62. The highest BCUT2D eigenvalue weighted by atomic mass is 32.1. The summed E-state index contributed by atoms with van der Waals surface area (Å²) < 4.78 is 16.9. The molecule has 0 aliphatic heterocycles. The van der Waals surface area contributed by atoms with Crippen LogP contribution in [0, 0.1) is 13.8 Å². The van der Waals surface area contributed by atoms with Crippen LogP contribution in [0.15, 0.2) is 18.2 Å². The van der Waals surface area contributed by atoms with Crippen LogP contribution in [0.25, 0.3) is 6.08 Å². The van der Waals surface area contributed by atoms with Gasteiger partial charge in [0.2, 0.25) is 0 Å². The Balaban J connectivity index is 0.00000106. The van der Waals surface area contributed by atoms with Gasteiger partial charge in [-0.3, -0.25) is 0 Å². The van der Waals surface area contributed by atoms with Crippen molar-refractivity contribution in [2.75, 3.05) is 7.11 Å². The maximum absolute atomic E-state index is 12.1. The number of hydrogen-bond donors (Lipinski definition) is 0. The summed E-state index contributed by atoms with van der Waals surface area (Å²) in [5, 5.41) is 1.00. The Hall–Kier alpha value is -1.16. The highest BCUT2D eigenvalue weighted by Gasteiger charge is 2.00. The molecule has 0 aliphatic rings. The highest BCUT2D eigenvalue weighted by Crippen LogP contribution is 2.18. The van der Waals surface area contributed by atoms with Crippen molar-refractivity contribution in [3.05, 3.63) is 33.7 Å². The van der Waals surface area contributed by atoms with Crippen LogP contribution in [0.1, 0.15) is 29.4 Å². The molecule has 1 rings (SSSR count). The van der Waals surface area contributed by atoms with Gasteiger partial charge in [-0.25, -0.2) is 9.37 Å². The molecular weight excluding hydrogens is 225 g/mol. The van der Waals surface area contributed by atoms with Gasteiger partial charge in [-0.2, -0.15) is 0 Å². The molecule has 0 aromatic carbocycles. The summed E-state index contributed by atoms with van der Waals surface area (Å²) in [7, 11) is 1.43. The lowest BCUT2D eigenvalue weighted by molar-refractivity contribution is 0.299. The lowest BCUT2D eigenvalue weighted by atomic mass is 10.3. The predicted molar refractivity (Wildman–Crippen MR) is 68.2 cm³/mol. The van der Waals surface area contributed by atoms with Gasteiger partial charge in [-0.05, 0) is 26.0 Å². The van der Waals surface area contributed by atoms with Gasteiger partial charge in [0, 0.05) is 4.88 Å². The van der Waals surface area contributed by atoms with Gasteiger partial charge in [-0.1, -0.05) is 13.8 Å². The number of nitrogens with zero attached hydrogens (tertiary/aromatic N) is 1. The monoisotopic (exact) mass is 243 g/mol. The van der Waals surface area contributed by atoms with E-state index in [-0.39, 0.29) is 5.76 Å². The molecule has 2 nitrogen and oxygen atoms in total. The van der Waals surface area contributed by atoms with Crippen LogP contribution in [0.5, 0.6) is 0 Å². The fourth-order valence-corrected chi connectivity index (χ4v) is 1.82. The van der Waals surface area contributed by atoms with E-state index in [1.54, 1.807) is 23.5 Å². The second-order valence-corrected chi connectivity index (χ2v) is 4.13. The van der Waals surface area contributed by atoms with Gasteiger partial charge in [0.1, 0.15) is 12.1 Å². The Kier molecular flexibility index (Phi) is 7.46. The topological polar surface area (TPSA) is 22.1 Å². The summed E-state index contributed by atoms with van der Waals surface area (Å²) >= 11 is 1.62. The van der Waals surface area contributed by atoms with E-state index in [0.717, 1.165) is 15.6 Å². The van der Waals surface area contributed by atoms with Crippen LogP contribution in [-0.2, 0) is 4.74 Å². The minimum absolute atomic E-state index is 0.190. The van der Waals surface area contributed by atoms with Crippen molar-refractivity contribution in [2.45, 2.75) is 27.7 Å². The fraction of sp³-hybridized carbons (Fsp3) is 0.417. The molecule has 0 radical (unpaired) electrons. The maximum atomic E-state index is 12.1. The standard InChI is InChI=1S/C10H12FNOS.C2H6/c1-7-10(12-8(2)14-7)5-4-9(6-11)13-3;1-2/h4-6H,1-3H3;1-2H3/b5-4-,9-6-;. The molecule has 16 heavy (non-hydrogen) atoms. The molecular formula is C12H18FNOS. The average molecular weight is 243 g/mol. The molecule has 0 atom stereocenters. The Labute approximate surface area is 100 Å². The Bertz CT molecular complexity index is 369. The van der Waals surface area contributed by atoms with Gasteiger partial charge >= 0.3 is 0 Å². The number of thiazole rings is 1. The second kappa shape index (κ2) is 8.05. The highest BCUT2D eigenvalue weighted by molar-refractivity contribution is 7.11. The van der Waals surface area contributed by atoms with E-state index in [2.05, 4.69) is 4.98 Å². The van der Waals surface area contributed by atoms with Crippen LogP contribution < -0.4 is 0 Å². The van der Waals surface area contributed by atoms with Crippen LogP contribution in [0.2, 0.25) is 0 Å². The first-order valence-corrected chi connectivity index (χ1v) is 5.95. The molecule has 0 N–H and O–H groups in total. The van der Waals surface area contributed by atoms with Crippen molar-refractivity contribution in [3.8, 4) is 0 Å². The summed E-state index contributed by atoms with van der Waals surface area (Å²) in [5.41, 5.74) is 0.865. The Morgan fingerprint density at radius 2 is 2.00 bits per heavy atom. The van der Waals surface area contributed by atoms with E-state index < -0.39 is 0 Å². The number of aromatic nitrogens is 1. The molecule has 0 saturated carbocycles. The number of allylic oxidation sites excluding steroid dienone is 1. The summed E-state index contributed by atoms with van der Waals surface area (Å²) in [6.45, 7) is 7.92. The third kappa shape index (κ3) is 4.57. The van der Waals surface area contributed by atoms with E-state index in [1.165, 1.54) is 7.11 Å². The van der Waals surface area contributed by atoms with Crippen molar-refractivity contribution in [1.29, 1.82) is 0 Å². The minimum Gasteiger partial charge on any atom is -0.494 e. The summed E-state index contributed by atoms with van der Waals surface area (Å²) in [6.07, 6.45) is 3.72. The Morgan fingerprint density at radius 3 is 2.38 bits per heavy atom. The zero-order valence-electron chi connectivity index (χ0n) is 10.4. The molecule has 1 aromatic rings. The molecule has 0 unspecified atom stereocenters. The van der Waals surface area contributed by atoms with Gasteiger partial charge in [0.15, 0.2) is 0 Å². The van der Waals surface area contributed by atoms with Crippen LogP contribution in [-0.4, -0.2) is 12.1 Å². The van der Waals surface area contributed by atoms with Crippen molar-refractivity contribution in [1.82, 2.24) is 4.98 Å². The second-order valence-electron chi connectivity index (χ2n) is 2.72. The molecule has 0 aliphatic carbocycles. The van der Waals surface area contributed by atoms with Crippen LogP contribution >= 0.6 is 11.3 Å². The normalized spacial score (nSPS) is 11.2. The zero-order valence-corrected chi connectivity index (χ0v) is 11.2. The van der Waals surface area contributed by atoms with Crippen molar-refractivity contribution in [2.24, 2.45) is 0 Å². The molecule has 4 heteroatoms. The molecule has 0 fully saturated rings. The molecule has 0 saturated heterocycles. The van der Waals surface area contributed by atoms with Crippen molar-refractivity contribution < 1.29 is 9.13 Å². The number of halogens is 1. The third-order valence-electron chi connectivity index (χ3n) is 1.69. The van der Waals surface area contributed by atoms with Gasteiger partial charge in [-0.15, -0.1) is 11.3 Å². The summed E-state index contributed by atoms with van der Waals surface area (Å²) in [4.78, 5) is 5.40. The van der Waals surface area contributed by atoms with E-state index >= 15 is 0 Å². The third-order valence-corrected chi connectivity index (χ3v) is 2.59. The van der Waals surface area contributed by atoms with Crippen LogP contribution in [0.3, 0.4) is 0 Å². The molecule has 90 valence electrons. The lowest BCUT2D eigenvalue weighted by Crippen LogP contribution is -1.81. The fourth-order valence-electron chi connectivity index (χ4n) is 1.01. The minimum atomic E-state index is 0.190. The van der Waals surface area contributed by atoms with Crippen molar-refractivity contribution >= 4 is 17.4 Å². The molecule has 0 bridgehead atoms. The van der Waals surface area contributed by atoms with E-state index in [0.29, 0.717) is 6.33 Å². The van der Waals surface area contributed by atoms with E-state index in [1.807, 2.05) is 27.7 Å². The van der Waals surface area contributed by atoms with Gasteiger partial charge in [0.05, 0.1) is 17.8 Å². The smallest absolute Gasteiger partial charge is 0.147 e. The maximum Gasteiger partial charge on any atom is 0.147 e. The van der Waals surface area contributed by atoms with E-state index in [9.17, 15) is 4.39 Å². The summed E-state index contributed by atoms with van der Waals surface area (Å²) in [5.74, 6) is 0.190. The van der Waals surface area contributed by atoms with Gasteiger partial charge < -0.3 is 4.74 Å². The first-order valence-electron chi connectivity index (χ1n) is 5.14. The first kappa shape index (κ1) is 14.8. The van der Waals surface area contributed by atoms with Gasteiger partial charge in [0.25, 0.3) is 0 Å². The van der Waals surface area contributed by atoms with E-state index in [4.69, 9.17) is 4.74 Å². The first-order chi connectivity index (χ1) is 7.67.